The fourth-order valence-corrected chi connectivity index (χ4v) is 1.80. The Bertz CT molecular complexity index is 494. The Kier molecular flexibility index (Phi) is 3.60. The predicted molar refractivity (Wildman–Crippen MR) is 72.4 cm³/mol. The summed E-state index contributed by atoms with van der Waals surface area (Å²) in [6.07, 6.45) is 3.88. The molecule has 3 nitrogen and oxygen atoms in total. The van der Waals surface area contributed by atoms with Crippen LogP contribution in [0.1, 0.15) is 18.9 Å². The number of hydrogen-bond acceptors (Lipinski definition) is 3. The normalized spacial score (nSPS) is 10.2. The van der Waals surface area contributed by atoms with Crippen LogP contribution in [0.25, 0.3) is 0 Å². The maximum atomic E-state index is 5.82. The van der Waals surface area contributed by atoms with E-state index >= 15 is 0 Å². The lowest BCUT2D eigenvalue weighted by Gasteiger charge is -2.12. The van der Waals surface area contributed by atoms with Gasteiger partial charge < -0.3 is 11.1 Å². The van der Waals surface area contributed by atoms with E-state index in [1.807, 2.05) is 18.2 Å². The number of nitrogens with one attached hydrogen (secondary N) is 1. The molecule has 0 bridgehead atoms. The van der Waals surface area contributed by atoms with E-state index in [0.717, 1.165) is 24.2 Å². The smallest absolute Gasteiger partial charge is 0.147 e. The van der Waals surface area contributed by atoms with Crippen molar-refractivity contribution in [1.29, 1.82) is 0 Å². The van der Waals surface area contributed by atoms with Crippen LogP contribution in [-0.4, -0.2) is 4.98 Å². The van der Waals surface area contributed by atoms with Crippen molar-refractivity contribution < 1.29 is 0 Å². The van der Waals surface area contributed by atoms with E-state index in [-0.39, 0.29) is 0 Å². The number of nitrogen functional groups attached to an aromatic ring is 1. The Balaban J connectivity index is 2.27. The second-order valence-electron chi connectivity index (χ2n) is 3.97. The van der Waals surface area contributed by atoms with Gasteiger partial charge >= 0.3 is 0 Å². The first-order valence-corrected chi connectivity index (χ1v) is 5.86. The summed E-state index contributed by atoms with van der Waals surface area (Å²) in [6, 6.07) is 12.1. The van der Waals surface area contributed by atoms with Gasteiger partial charge in [-0.05, 0) is 30.2 Å². The number of rotatable bonds is 4. The van der Waals surface area contributed by atoms with Crippen LogP contribution in [0.4, 0.5) is 17.2 Å². The fourth-order valence-electron chi connectivity index (χ4n) is 1.80. The molecule has 0 unspecified atom stereocenters. The lowest BCUT2D eigenvalue weighted by atomic mass is 10.1. The molecular weight excluding hydrogens is 210 g/mol. The van der Waals surface area contributed by atoms with E-state index in [0.29, 0.717) is 5.82 Å². The lowest BCUT2D eigenvalue weighted by molar-refractivity contribution is 0.923. The largest absolute Gasteiger partial charge is 0.382 e. The molecule has 2 rings (SSSR count). The number of nitrogens with zero attached hydrogens (tertiary/aromatic N) is 1. The first kappa shape index (κ1) is 11.5. The summed E-state index contributed by atoms with van der Waals surface area (Å²) in [4.78, 5) is 4.07. The maximum Gasteiger partial charge on any atom is 0.147 e. The van der Waals surface area contributed by atoms with Crippen LogP contribution < -0.4 is 11.1 Å². The second-order valence-corrected chi connectivity index (χ2v) is 3.97. The molecule has 88 valence electrons. The number of pyridine rings is 1. The molecule has 17 heavy (non-hydrogen) atoms. The quantitative estimate of drug-likeness (QED) is 0.842. The highest BCUT2D eigenvalue weighted by Crippen LogP contribution is 2.24. The molecule has 1 aromatic heterocycles. The van der Waals surface area contributed by atoms with Crippen LogP contribution in [0.3, 0.4) is 0 Å². The zero-order valence-corrected chi connectivity index (χ0v) is 9.98. The molecule has 0 amide bonds. The van der Waals surface area contributed by atoms with Crippen molar-refractivity contribution in [2.24, 2.45) is 0 Å². The number of para-hydroxylation sites is 1. The molecule has 0 aliphatic carbocycles. The van der Waals surface area contributed by atoms with Crippen molar-refractivity contribution >= 4 is 17.2 Å². The van der Waals surface area contributed by atoms with Crippen LogP contribution >= 0.6 is 0 Å². The zero-order chi connectivity index (χ0) is 12.1. The van der Waals surface area contributed by atoms with Crippen LogP contribution in [0.2, 0.25) is 0 Å². The average Bonchev–Trinajstić information content (AvgIpc) is 2.35. The van der Waals surface area contributed by atoms with Gasteiger partial charge in [-0.15, -0.1) is 0 Å². The van der Waals surface area contributed by atoms with Gasteiger partial charge in [-0.1, -0.05) is 31.5 Å². The van der Waals surface area contributed by atoms with Crippen LogP contribution in [0, 0.1) is 0 Å². The van der Waals surface area contributed by atoms with Crippen molar-refractivity contribution in [3.05, 3.63) is 48.2 Å². The molecule has 2 aromatic rings. The first-order chi connectivity index (χ1) is 8.31. The summed E-state index contributed by atoms with van der Waals surface area (Å²) >= 11 is 0. The first-order valence-electron chi connectivity index (χ1n) is 5.86. The summed E-state index contributed by atoms with van der Waals surface area (Å²) in [5.41, 5.74) is 9.09. The summed E-state index contributed by atoms with van der Waals surface area (Å²) < 4.78 is 0. The third-order valence-corrected chi connectivity index (χ3v) is 2.64. The van der Waals surface area contributed by atoms with Gasteiger partial charge in [0.1, 0.15) is 5.82 Å². The van der Waals surface area contributed by atoms with Crippen molar-refractivity contribution in [3.8, 4) is 0 Å². The van der Waals surface area contributed by atoms with Gasteiger partial charge in [-0.2, -0.15) is 0 Å². The number of aryl methyl sites for hydroxylation is 1. The highest BCUT2D eigenvalue weighted by molar-refractivity contribution is 5.71. The molecule has 0 fully saturated rings. The van der Waals surface area contributed by atoms with Gasteiger partial charge in [0, 0.05) is 11.9 Å². The number of aromatic nitrogens is 1. The molecule has 1 aromatic carbocycles. The molecule has 0 aliphatic heterocycles. The molecule has 0 radical (unpaired) electrons. The molecule has 0 atom stereocenters. The molecule has 0 aliphatic rings. The third kappa shape index (κ3) is 2.75. The van der Waals surface area contributed by atoms with Crippen molar-refractivity contribution in [2.45, 2.75) is 19.8 Å². The topological polar surface area (TPSA) is 50.9 Å². The molecule has 0 saturated heterocycles. The summed E-state index contributed by atoms with van der Waals surface area (Å²) in [5.74, 6) is 0.527. The molecule has 3 heteroatoms. The van der Waals surface area contributed by atoms with Crippen molar-refractivity contribution in [3.63, 3.8) is 0 Å². The minimum Gasteiger partial charge on any atom is -0.382 e. The highest BCUT2D eigenvalue weighted by atomic mass is 15.0. The summed E-state index contributed by atoms with van der Waals surface area (Å²) in [6.45, 7) is 2.18. The zero-order valence-electron chi connectivity index (χ0n) is 9.98. The predicted octanol–water partition coefficient (Wildman–Crippen LogP) is 3.36. The van der Waals surface area contributed by atoms with Crippen LogP contribution in [0.15, 0.2) is 42.6 Å². The van der Waals surface area contributed by atoms with Gasteiger partial charge in [0.25, 0.3) is 0 Å². The maximum absolute atomic E-state index is 5.82. The molecule has 0 saturated carbocycles. The van der Waals surface area contributed by atoms with Crippen LogP contribution in [-0.2, 0) is 6.42 Å². The van der Waals surface area contributed by atoms with E-state index in [9.17, 15) is 0 Å². The van der Waals surface area contributed by atoms with Gasteiger partial charge in [0.15, 0.2) is 0 Å². The fraction of sp³-hybridized carbons (Fsp3) is 0.214. The SMILES string of the molecule is CCCc1ccccc1Nc1cccnc1N. The Labute approximate surface area is 102 Å². The number of hydrogen-bond donors (Lipinski definition) is 2. The third-order valence-electron chi connectivity index (χ3n) is 2.64. The average molecular weight is 227 g/mol. The number of benzene rings is 1. The minimum absolute atomic E-state index is 0.527. The van der Waals surface area contributed by atoms with Gasteiger partial charge in [0.05, 0.1) is 5.69 Å². The standard InChI is InChI=1S/C14H17N3/c1-2-6-11-7-3-4-8-12(11)17-13-9-5-10-16-14(13)15/h3-5,7-10,17H,2,6H2,1H3,(H2,15,16). The summed E-state index contributed by atoms with van der Waals surface area (Å²) in [5, 5.41) is 3.34. The van der Waals surface area contributed by atoms with E-state index in [4.69, 9.17) is 5.73 Å². The summed E-state index contributed by atoms with van der Waals surface area (Å²) in [7, 11) is 0. The molecular formula is C14H17N3. The Morgan fingerprint density at radius 2 is 1.88 bits per heavy atom. The van der Waals surface area contributed by atoms with E-state index < -0.39 is 0 Å². The molecule has 0 spiro atoms. The van der Waals surface area contributed by atoms with E-state index in [1.165, 1.54) is 5.56 Å². The van der Waals surface area contributed by atoms with E-state index in [1.54, 1.807) is 6.20 Å². The Morgan fingerprint density at radius 1 is 1.12 bits per heavy atom. The molecule has 1 heterocycles. The monoisotopic (exact) mass is 227 g/mol. The highest BCUT2D eigenvalue weighted by Gasteiger charge is 2.03. The van der Waals surface area contributed by atoms with Crippen LogP contribution in [0.5, 0.6) is 0 Å². The number of nitrogens with two attached hydrogens (primary N) is 1. The van der Waals surface area contributed by atoms with Gasteiger partial charge in [0.2, 0.25) is 0 Å². The second kappa shape index (κ2) is 5.34. The molecule has 3 N–H and O–H groups in total. The van der Waals surface area contributed by atoms with Gasteiger partial charge in [-0.3, -0.25) is 0 Å². The number of anilines is 3. The Hall–Kier alpha value is -2.03. The lowest BCUT2D eigenvalue weighted by Crippen LogP contribution is -2.00. The van der Waals surface area contributed by atoms with Crippen molar-refractivity contribution in [1.82, 2.24) is 4.98 Å². The van der Waals surface area contributed by atoms with Crippen molar-refractivity contribution in [2.75, 3.05) is 11.1 Å². The van der Waals surface area contributed by atoms with Gasteiger partial charge in [-0.25, -0.2) is 4.98 Å². The Morgan fingerprint density at radius 3 is 2.65 bits per heavy atom. The van der Waals surface area contributed by atoms with E-state index in [2.05, 4.69) is 35.4 Å². The minimum atomic E-state index is 0.527.